The Kier molecular flexibility index (Phi) is 6.53. The van der Waals surface area contributed by atoms with Gasteiger partial charge in [0, 0.05) is 11.3 Å². The van der Waals surface area contributed by atoms with Crippen LogP contribution < -0.4 is 14.4 Å². The van der Waals surface area contributed by atoms with E-state index < -0.39 is 17.9 Å². The minimum absolute atomic E-state index is 0.0705. The van der Waals surface area contributed by atoms with Gasteiger partial charge in [0.05, 0.1) is 22.8 Å². The number of hydrogen-bond donors (Lipinski definition) is 0. The molecule has 0 bridgehead atoms. The number of halogens is 3. The molecule has 0 aromatic heterocycles. The third-order valence-corrected chi connectivity index (χ3v) is 7.95. The number of fused-ring (bicyclic) bond motifs is 1. The van der Waals surface area contributed by atoms with E-state index in [-0.39, 0.29) is 28.7 Å². The third kappa shape index (κ3) is 4.30. The van der Waals surface area contributed by atoms with Crippen molar-refractivity contribution >= 4 is 52.6 Å². The van der Waals surface area contributed by atoms with Crippen LogP contribution in [0.2, 0.25) is 10.0 Å². The van der Waals surface area contributed by atoms with Gasteiger partial charge in [-0.05, 0) is 48.0 Å². The number of anilines is 1. The van der Waals surface area contributed by atoms with Gasteiger partial charge in [-0.3, -0.25) is 9.69 Å². The van der Waals surface area contributed by atoms with Gasteiger partial charge in [-0.25, -0.2) is 14.1 Å². The summed E-state index contributed by atoms with van der Waals surface area (Å²) in [6.45, 7) is 0.0705. The Balaban J connectivity index is 1.42. The third-order valence-electron chi connectivity index (χ3n) is 5.89. The van der Waals surface area contributed by atoms with E-state index in [0.29, 0.717) is 27.8 Å². The molecule has 2 fully saturated rings. The summed E-state index contributed by atoms with van der Waals surface area (Å²) in [6.07, 6.45) is 0. The molecule has 2 saturated heterocycles. The highest BCUT2D eigenvalue weighted by atomic mass is 35.5. The maximum absolute atomic E-state index is 14.0. The molecule has 0 spiro atoms. The van der Waals surface area contributed by atoms with E-state index in [2.05, 4.69) is 0 Å². The Morgan fingerprint density at radius 2 is 1.83 bits per heavy atom. The summed E-state index contributed by atoms with van der Waals surface area (Å²) in [5.74, 6) is 0.402. The predicted molar refractivity (Wildman–Crippen MR) is 134 cm³/mol. The zero-order chi connectivity index (χ0) is 24.7. The topological polar surface area (TPSA) is 59.1 Å². The monoisotopic (exact) mass is 532 g/mol. The molecule has 10 heteroatoms. The second-order valence-electron chi connectivity index (χ2n) is 7.95. The molecule has 0 N–H and O–H groups in total. The number of imide groups is 1. The maximum atomic E-state index is 14.0. The molecule has 3 aromatic rings. The van der Waals surface area contributed by atoms with Crippen LogP contribution in [-0.2, 0) is 11.4 Å². The van der Waals surface area contributed by atoms with Gasteiger partial charge in [-0.2, -0.15) is 0 Å². The number of carbonyl (C=O) groups is 2. The van der Waals surface area contributed by atoms with E-state index >= 15 is 0 Å². The van der Waals surface area contributed by atoms with Crippen molar-refractivity contribution in [1.82, 2.24) is 4.90 Å². The number of benzene rings is 3. The molecule has 2 aliphatic heterocycles. The lowest BCUT2D eigenvalue weighted by Gasteiger charge is -2.24. The molecule has 0 saturated carbocycles. The first-order valence-electron chi connectivity index (χ1n) is 10.7. The fourth-order valence-electron chi connectivity index (χ4n) is 4.19. The minimum atomic E-state index is -0.591. The van der Waals surface area contributed by atoms with Crippen LogP contribution in [0.1, 0.15) is 16.5 Å². The van der Waals surface area contributed by atoms with Gasteiger partial charge in [-0.1, -0.05) is 41.4 Å². The lowest BCUT2D eigenvalue weighted by molar-refractivity contribution is -0.119. The number of ether oxygens (including phenoxy) is 2. The number of carbonyl (C=O) groups excluding carboxylic acids is 2. The van der Waals surface area contributed by atoms with Gasteiger partial charge in [0.1, 0.15) is 23.8 Å². The van der Waals surface area contributed by atoms with Crippen LogP contribution in [0.25, 0.3) is 0 Å². The molecule has 0 radical (unpaired) electrons. The highest BCUT2D eigenvalue weighted by Gasteiger charge is 2.53. The predicted octanol–water partition coefficient (Wildman–Crippen LogP) is 6.30. The zero-order valence-corrected chi connectivity index (χ0v) is 20.7. The average molecular weight is 533 g/mol. The quantitative estimate of drug-likeness (QED) is 0.348. The average Bonchev–Trinajstić information content (AvgIpc) is 3.40. The molecule has 0 aliphatic carbocycles. The SMILES string of the molecule is COc1ccc([C@H]2SC[C@@H]3C(=O)N(c4ccc(Cl)c(Cl)c4)C(=O)N32)cc1COc1ccccc1F. The summed E-state index contributed by atoms with van der Waals surface area (Å²) in [7, 11) is 1.54. The van der Waals surface area contributed by atoms with Crippen molar-refractivity contribution in [2.24, 2.45) is 0 Å². The van der Waals surface area contributed by atoms with Crippen LogP contribution in [0.15, 0.2) is 60.7 Å². The summed E-state index contributed by atoms with van der Waals surface area (Å²) < 4.78 is 25.1. The Bertz CT molecular complexity index is 1320. The number of amides is 3. The number of para-hydroxylation sites is 1. The highest BCUT2D eigenvalue weighted by Crippen LogP contribution is 2.47. The van der Waals surface area contributed by atoms with Gasteiger partial charge in [0.2, 0.25) is 0 Å². The molecule has 5 rings (SSSR count). The summed E-state index contributed by atoms with van der Waals surface area (Å²) >= 11 is 13.6. The number of hydrogen-bond acceptors (Lipinski definition) is 5. The molecule has 0 unspecified atom stereocenters. The first kappa shape index (κ1) is 23.8. The molecular weight excluding hydrogens is 514 g/mol. The number of nitrogens with zero attached hydrogens (tertiary/aromatic N) is 2. The van der Waals surface area contributed by atoms with Crippen molar-refractivity contribution in [2.45, 2.75) is 18.0 Å². The second kappa shape index (κ2) is 9.60. The van der Waals surface area contributed by atoms with Crippen molar-refractivity contribution in [2.75, 3.05) is 17.8 Å². The van der Waals surface area contributed by atoms with Crippen LogP contribution in [0, 0.1) is 5.82 Å². The second-order valence-corrected chi connectivity index (χ2v) is 9.88. The molecule has 3 aromatic carbocycles. The van der Waals surface area contributed by atoms with Crippen molar-refractivity contribution in [3.63, 3.8) is 0 Å². The van der Waals surface area contributed by atoms with E-state index in [1.807, 2.05) is 12.1 Å². The molecular formula is C25H19Cl2FN2O4S. The Labute approximate surface area is 215 Å². The molecule has 2 heterocycles. The van der Waals surface area contributed by atoms with Gasteiger partial charge in [0.25, 0.3) is 5.91 Å². The highest BCUT2D eigenvalue weighted by molar-refractivity contribution is 7.99. The van der Waals surface area contributed by atoms with Gasteiger partial charge in [0.15, 0.2) is 11.6 Å². The molecule has 2 atom stereocenters. The maximum Gasteiger partial charge on any atom is 0.333 e. The van der Waals surface area contributed by atoms with E-state index in [9.17, 15) is 14.0 Å². The first-order valence-corrected chi connectivity index (χ1v) is 12.5. The first-order chi connectivity index (χ1) is 16.9. The minimum Gasteiger partial charge on any atom is -0.496 e. The Morgan fingerprint density at radius 3 is 2.57 bits per heavy atom. The van der Waals surface area contributed by atoms with Gasteiger partial charge in [-0.15, -0.1) is 11.8 Å². The Hall–Kier alpha value is -2.94. The number of thioether (sulfide) groups is 1. The van der Waals surface area contributed by atoms with Crippen LogP contribution in [0.5, 0.6) is 11.5 Å². The van der Waals surface area contributed by atoms with Crippen LogP contribution >= 0.6 is 35.0 Å². The Morgan fingerprint density at radius 1 is 1.03 bits per heavy atom. The number of methoxy groups -OCH3 is 1. The fourth-order valence-corrected chi connectivity index (χ4v) is 5.89. The lowest BCUT2D eigenvalue weighted by atomic mass is 10.1. The van der Waals surface area contributed by atoms with Crippen molar-refractivity contribution in [1.29, 1.82) is 0 Å². The summed E-state index contributed by atoms with van der Waals surface area (Å²) in [4.78, 5) is 29.2. The normalized spacial score (nSPS) is 19.3. The van der Waals surface area contributed by atoms with E-state index in [0.717, 1.165) is 10.5 Å². The van der Waals surface area contributed by atoms with Gasteiger partial charge >= 0.3 is 6.03 Å². The molecule has 35 heavy (non-hydrogen) atoms. The van der Waals surface area contributed by atoms with Crippen molar-refractivity contribution < 1.29 is 23.5 Å². The largest absolute Gasteiger partial charge is 0.496 e. The van der Waals surface area contributed by atoms with Crippen LogP contribution in [-0.4, -0.2) is 35.7 Å². The molecule has 6 nitrogen and oxygen atoms in total. The van der Waals surface area contributed by atoms with E-state index in [1.54, 1.807) is 48.4 Å². The smallest absolute Gasteiger partial charge is 0.333 e. The summed E-state index contributed by atoms with van der Waals surface area (Å²) in [5.41, 5.74) is 1.88. The van der Waals surface area contributed by atoms with Gasteiger partial charge < -0.3 is 9.47 Å². The van der Waals surface area contributed by atoms with E-state index in [1.165, 1.54) is 23.9 Å². The summed E-state index contributed by atoms with van der Waals surface area (Å²) in [5, 5.41) is 0.214. The van der Waals surface area contributed by atoms with Crippen LogP contribution in [0.4, 0.5) is 14.9 Å². The molecule has 2 aliphatic rings. The lowest BCUT2D eigenvalue weighted by Crippen LogP contribution is -2.33. The van der Waals surface area contributed by atoms with Crippen molar-refractivity contribution in [3.8, 4) is 11.5 Å². The molecule has 180 valence electrons. The van der Waals surface area contributed by atoms with E-state index in [4.69, 9.17) is 32.7 Å². The van der Waals surface area contributed by atoms with Crippen molar-refractivity contribution in [3.05, 3.63) is 87.7 Å². The summed E-state index contributed by atoms with van der Waals surface area (Å²) in [6, 6.07) is 15.3. The number of urea groups is 1. The molecule has 3 amide bonds. The fraction of sp³-hybridized carbons (Fsp3) is 0.200. The zero-order valence-electron chi connectivity index (χ0n) is 18.4. The number of rotatable bonds is 6. The van der Waals surface area contributed by atoms with Crippen LogP contribution in [0.3, 0.4) is 0 Å². The standard InChI is InChI=1S/C25H19Cl2FN2O4S/c1-33-21-9-6-14(10-15(21)12-34-22-5-3-2-4-19(22)28)24-30-20(13-35-24)23(31)29(25(30)32)16-7-8-17(26)18(27)11-16/h2-11,20,24H,12-13H2,1H3/t20-,24-/m1/s1.